The van der Waals surface area contributed by atoms with E-state index in [0.29, 0.717) is 10.2 Å². The van der Waals surface area contributed by atoms with Crippen LogP contribution in [-0.4, -0.2) is 23.5 Å². The van der Waals surface area contributed by atoms with Gasteiger partial charge in [0.2, 0.25) is 0 Å². The fraction of sp³-hybridized carbons (Fsp3) is 0.111. The van der Waals surface area contributed by atoms with Crippen LogP contribution in [0.4, 0.5) is 0 Å². The van der Waals surface area contributed by atoms with Crippen LogP contribution >= 0.6 is 28.1 Å². The first kappa shape index (κ1) is 12.7. The third-order valence-electron chi connectivity index (χ3n) is 1.66. The van der Waals surface area contributed by atoms with Crippen LogP contribution in [0.15, 0.2) is 21.7 Å². The summed E-state index contributed by atoms with van der Waals surface area (Å²) >= 11 is 7.78. The lowest BCUT2D eigenvalue weighted by Crippen LogP contribution is -2.23. The topological polar surface area (TPSA) is 79.9 Å². The van der Waals surface area contributed by atoms with Crippen molar-refractivity contribution in [2.45, 2.75) is 0 Å². The predicted octanol–water partition coefficient (Wildman–Crippen LogP) is 1.33. The molecule has 0 heterocycles. The van der Waals surface area contributed by atoms with Gasteiger partial charge in [0, 0.05) is 0 Å². The quantitative estimate of drug-likeness (QED) is 0.446. The van der Waals surface area contributed by atoms with Gasteiger partial charge in [-0.2, -0.15) is 5.10 Å². The maximum Gasteiger partial charge on any atom is 0.184 e. The molecule has 0 aromatic heterocycles. The van der Waals surface area contributed by atoms with Crippen molar-refractivity contribution < 1.29 is 9.84 Å². The van der Waals surface area contributed by atoms with Crippen molar-refractivity contribution in [3.05, 3.63) is 22.2 Å². The highest BCUT2D eigenvalue weighted by Crippen LogP contribution is 2.34. The van der Waals surface area contributed by atoms with Crippen LogP contribution in [0.25, 0.3) is 0 Å². The molecule has 0 aliphatic rings. The number of nitrogens with two attached hydrogens (primary N) is 1. The molecule has 0 amide bonds. The van der Waals surface area contributed by atoms with Crippen molar-refractivity contribution in [1.29, 1.82) is 0 Å². The lowest BCUT2D eigenvalue weighted by Gasteiger charge is -2.06. The van der Waals surface area contributed by atoms with Crippen LogP contribution in [0.3, 0.4) is 0 Å². The van der Waals surface area contributed by atoms with Gasteiger partial charge in [0.15, 0.2) is 16.6 Å². The number of ether oxygens (including phenoxy) is 1. The van der Waals surface area contributed by atoms with Gasteiger partial charge < -0.3 is 15.6 Å². The number of phenols is 1. The minimum absolute atomic E-state index is 0.0435. The van der Waals surface area contributed by atoms with E-state index in [9.17, 15) is 5.11 Å². The lowest BCUT2D eigenvalue weighted by atomic mass is 10.2. The Labute approximate surface area is 106 Å². The predicted molar refractivity (Wildman–Crippen MR) is 69.9 cm³/mol. The molecule has 0 atom stereocenters. The molecule has 4 N–H and O–H groups in total. The molecule has 0 radical (unpaired) electrons. The Hall–Kier alpha value is -1.34. The molecule has 0 aliphatic heterocycles. The van der Waals surface area contributed by atoms with Gasteiger partial charge in [-0.1, -0.05) is 0 Å². The first-order chi connectivity index (χ1) is 7.54. The minimum atomic E-state index is 0.0435. The van der Waals surface area contributed by atoms with Gasteiger partial charge in [-0.25, -0.2) is 0 Å². The summed E-state index contributed by atoms with van der Waals surface area (Å²) < 4.78 is 5.50. The molecule has 86 valence electrons. The largest absolute Gasteiger partial charge is 0.503 e. The average molecular weight is 304 g/mol. The molecule has 0 saturated carbocycles. The van der Waals surface area contributed by atoms with Gasteiger partial charge in [0.05, 0.1) is 17.8 Å². The highest BCUT2D eigenvalue weighted by molar-refractivity contribution is 9.10. The molecule has 0 spiro atoms. The maximum absolute atomic E-state index is 9.56. The highest BCUT2D eigenvalue weighted by atomic mass is 79.9. The van der Waals surface area contributed by atoms with Crippen molar-refractivity contribution in [1.82, 2.24) is 5.43 Å². The lowest BCUT2D eigenvalue weighted by molar-refractivity contribution is 0.372. The van der Waals surface area contributed by atoms with E-state index in [1.807, 2.05) is 0 Å². The number of hydrogen-bond acceptors (Lipinski definition) is 4. The standard InChI is InChI=1S/C9H10BrN3O2S/c1-15-7-3-5(2-6(10)8(7)14)4-12-13-9(11)16/h2-4,14H,1H3,(H3,11,13,16). The van der Waals surface area contributed by atoms with Crippen molar-refractivity contribution in [2.24, 2.45) is 10.8 Å². The normalized spacial score (nSPS) is 10.4. The van der Waals surface area contributed by atoms with Crippen LogP contribution in [0.1, 0.15) is 5.56 Å². The van der Waals surface area contributed by atoms with Crippen molar-refractivity contribution in [2.75, 3.05) is 7.11 Å². The second-order valence-electron chi connectivity index (χ2n) is 2.79. The summed E-state index contributed by atoms with van der Waals surface area (Å²) in [7, 11) is 1.47. The number of phenolic OH excluding ortho intramolecular Hbond substituents is 1. The van der Waals surface area contributed by atoms with Gasteiger partial charge >= 0.3 is 0 Å². The maximum atomic E-state index is 9.56. The second kappa shape index (κ2) is 5.66. The molecule has 0 fully saturated rings. The van der Waals surface area contributed by atoms with Gasteiger partial charge in [0.1, 0.15) is 0 Å². The molecular weight excluding hydrogens is 294 g/mol. The summed E-state index contributed by atoms with van der Waals surface area (Å²) in [5, 5.41) is 13.4. The van der Waals surface area contributed by atoms with Crippen LogP contribution in [0, 0.1) is 0 Å². The number of halogens is 1. The SMILES string of the molecule is COc1cc(C=NNC(N)=S)cc(Br)c1O. The van der Waals surface area contributed by atoms with E-state index >= 15 is 0 Å². The summed E-state index contributed by atoms with van der Waals surface area (Å²) in [6.45, 7) is 0. The van der Waals surface area contributed by atoms with E-state index in [-0.39, 0.29) is 10.9 Å². The first-order valence-electron chi connectivity index (χ1n) is 4.19. The highest BCUT2D eigenvalue weighted by Gasteiger charge is 2.07. The summed E-state index contributed by atoms with van der Waals surface area (Å²) in [6.07, 6.45) is 1.51. The number of nitrogens with zero attached hydrogens (tertiary/aromatic N) is 1. The first-order valence-corrected chi connectivity index (χ1v) is 5.39. The molecule has 0 unspecified atom stereocenters. The van der Waals surface area contributed by atoms with Crippen LogP contribution in [0.2, 0.25) is 0 Å². The van der Waals surface area contributed by atoms with Crippen molar-refractivity contribution >= 4 is 39.5 Å². The van der Waals surface area contributed by atoms with Crippen LogP contribution in [0.5, 0.6) is 11.5 Å². The fourth-order valence-electron chi connectivity index (χ4n) is 0.994. The molecule has 1 rings (SSSR count). The van der Waals surface area contributed by atoms with E-state index in [1.54, 1.807) is 12.1 Å². The van der Waals surface area contributed by atoms with Crippen LogP contribution in [-0.2, 0) is 0 Å². The number of methoxy groups -OCH3 is 1. The Balaban J connectivity index is 2.93. The zero-order valence-corrected chi connectivity index (χ0v) is 10.8. The summed E-state index contributed by atoms with van der Waals surface area (Å²) in [5.41, 5.74) is 8.35. The number of aromatic hydroxyl groups is 1. The monoisotopic (exact) mass is 303 g/mol. The fourth-order valence-corrected chi connectivity index (χ4v) is 1.51. The van der Waals surface area contributed by atoms with Gasteiger partial charge in [0.25, 0.3) is 0 Å². The van der Waals surface area contributed by atoms with Crippen molar-refractivity contribution in [3.8, 4) is 11.5 Å². The average Bonchev–Trinajstić information content (AvgIpc) is 2.22. The molecule has 5 nitrogen and oxygen atoms in total. The summed E-state index contributed by atoms with van der Waals surface area (Å²) in [6, 6.07) is 3.31. The van der Waals surface area contributed by atoms with E-state index in [2.05, 4.69) is 38.7 Å². The van der Waals surface area contributed by atoms with Gasteiger partial charge in [-0.15, -0.1) is 0 Å². The molecule has 16 heavy (non-hydrogen) atoms. The van der Waals surface area contributed by atoms with E-state index in [0.717, 1.165) is 5.56 Å². The third kappa shape index (κ3) is 3.35. The number of nitrogens with one attached hydrogen (secondary N) is 1. The van der Waals surface area contributed by atoms with Gasteiger partial charge in [-0.3, -0.25) is 5.43 Å². The zero-order chi connectivity index (χ0) is 12.1. The van der Waals surface area contributed by atoms with E-state index in [1.165, 1.54) is 13.3 Å². The Kier molecular flexibility index (Phi) is 4.51. The molecule has 0 bridgehead atoms. The Morgan fingerprint density at radius 1 is 1.69 bits per heavy atom. The minimum Gasteiger partial charge on any atom is -0.503 e. The molecule has 0 saturated heterocycles. The molecule has 1 aromatic carbocycles. The summed E-state index contributed by atoms with van der Waals surface area (Å²) in [4.78, 5) is 0. The van der Waals surface area contributed by atoms with Crippen molar-refractivity contribution in [3.63, 3.8) is 0 Å². The van der Waals surface area contributed by atoms with Gasteiger partial charge in [-0.05, 0) is 45.8 Å². The Morgan fingerprint density at radius 3 is 2.94 bits per heavy atom. The molecule has 1 aromatic rings. The van der Waals surface area contributed by atoms with E-state index in [4.69, 9.17) is 10.5 Å². The summed E-state index contributed by atoms with van der Waals surface area (Å²) in [5.74, 6) is 0.396. The number of benzene rings is 1. The van der Waals surface area contributed by atoms with Crippen LogP contribution < -0.4 is 15.9 Å². The molecule has 0 aliphatic carbocycles. The Bertz CT molecular complexity index is 437. The zero-order valence-electron chi connectivity index (χ0n) is 8.40. The number of thiocarbonyl (C=S) groups is 1. The molecule has 7 heteroatoms. The third-order valence-corrected chi connectivity index (χ3v) is 2.35. The molecular formula is C9H10BrN3O2S. The van der Waals surface area contributed by atoms with E-state index < -0.39 is 0 Å². The second-order valence-corrected chi connectivity index (χ2v) is 4.08. The smallest absolute Gasteiger partial charge is 0.184 e. The number of hydrogen-bond donors (Lipinski definition) is 3. The number of hydrazone groups is 1. The number of rotatable bonds is 3. The Morgan fingerprint density at radius 2 is 2.38 bits per heavy atom.